The Hall–Kier alpha value is -0.340. The Morgan fingerprint density at radius 3 is 1.70 bits per heavy atom. The van der Waals surface area contributed by atoms with Crippen LogP contribution in [0.15, 0.2) is 12.2 Å². The quantitative estimate of drug-likeness (QED) is 0.492. The van der Waals surface area contributed by atoms with Gasteiger partial charge in [0.05, 0.1) is 12.2 Å². The van der Waals surface area contributed by atoms with Gasteiger partial charge in [0.15, 0.2) is 0 Å². The van der Waals surface area contributed by atoms with Gasteiger partial charge in [-0.15, -0.1) is 0 Å². The van der Waals surface area contributed by atoms with Gasteiger partial charge in [-0.25, -0.2) is 0 Å². The third kappa shape index (κ3) is 2.50. The van der Waals surface area contributed by atoms with Crippen LogP contribution in [0.4, 0.5) is 0 Å². The van der Waals surface area contributed by atoms with Crippen LogP contribution in [-0.4, -0.2) is 22.4 Å². The molecule has 0 radical (unpaired) electrons. The molecule has 0 aromatic heterocycles. The lowest BCUT2D eigenvalue weighted by Gasteiger charge is -2.11. The van der Waals surface area contributed by atoms with E-state index in [0.717, 1.165) is 25.7 Å². The summed E-state index contributed by atoms with van der Waals surface area (Å²) in [5, 5.41) is 18.3. The summed E-state index contributed by atoms with van der Waals surface area (Å²) in [7, 11) is 0. The van der Waals surface area contributed by atoms with Gasteiger partial charge in [-0.2, -0.15) is 0 Å². The maximum absolute atomic E-state index is 9.13. The van der Waals surface area contributed by atoms with Crippen molar-refractivity contribution < 1.29 is 10.2 Å². The van der Waals surface area contributed by atoms with Gasteiger partial charge in [0.1, 0.15) is 0 Å². The third-order valence-electron chi connectivity index (χ3n) is 1.81. The Morgan fingerprint density at radius 2 is 1.30 bits per heavy atom. The van der Waals surface area contributed by atoms with Crippen LogP contribution in [-0.2, 0) is 0 Å². The highest BCUT2D eigenvalue weighted by atomic mass is 16.3. The summed E-state index contributed by atoms with van der Waals surface area (Å²) >= 11 is 0. The normalized spacial score (nSPS) is 35.0. The number of rotatable bonds is 0. The van der Waals surface area contributed by atoms with Gasteiger partial charge in [-0.05, 0) is 12.8 Å². The zero-order valence-corrected chi connectivity index (χ0v) is 6.03. The summed E-state index contributed by atoms with van der Waals surface area (Å²) in [5.74, 6) is 0. The summed E-state index contributed by atoms with van der Waals surface area (Å²) in [6.07, 6.45) is 6.40. The molecule has 2 atom stereocenters. The molecule has 1 rings (SSSR count). The van der Waals surface area contributed by atoms with Crippen LogP contribution in [0, 0.1) is 0 Å². The van der Waals surface area contributed by atoms with Gasteiger partial charge in [0, 0.05) is 0 Å². The first-order valence-electron chi connectivity index (χ1n) is 3.83. The molecule has 0 fully saturated rings. The van der Waals surface area contributed by atoms with Crippen LogP contribution in [0.1, 0.15) is 25.7 Å². The molecular weight excluding hydrogens is 128 g/mol. The maximum atomic E-state index is 9.13. The average Bonchev–Trinajstić information content (AvgIpc) is 1.90. The molecule has 0 spiro atoms. The van der Waals surface area contributed by atoms with Gasteiger partial charge in [0.2, 0.25) is 0 Å². The minimum atomic E-state index is -0.338. The second-order valence-electron chi connectivity index (χ2n) is 2.80. The number of hydrogen-bond donors (Lipinski definition) is 2. The van der Waals surface area contributed by atoms with E-state index in [1.54, 1.807) is 12.2 Å². The zero-order valence-electron chi connectivity index (χ0n) is 6.03. The van der Waals surface area contributed by atoms with Crippen molar-refractivity contribution in [3.63, 3.8) is 0 Å². The van der Waals surface area contributed by atoms with Crippen LogP contribution >= 0.6 is 0 Å². The maximum Gasteiger partial charge on any atom is 0.0721 e. The predicted molar refractivity (Wildman–Crippen MR) is 39.6 cm³/mol. The van der Waals surface area contributed by atoms with Crippen molar-refractivity contribution in [2.24, 2.45) is 0 Å². The molecule has 0 aliphatic heterocycles. The first-order valence-corrected chi connectivity index (χ1v) is 3.83. The van der Waals surface area contributed by atoms with Gasteiger partial charge < -0.3 is 10.2 Å². The molecule has 0 aromatic rings. The van der Waals surface area contributed by atoms with E-state index in [-0.39, 0.29) is 12.2 Å². The second-order valence-corrected chi connectivity index (χ2v) is 2.80. The molecule has 0 bridgehead atoms. The fraction of sp³-hybridized carbons (Fsp3) is 0.750. The van der Waals surface area contributed by atoms with E-state index in [1.807, 2.05) is 0 Å². The lowest BCUT2D eigenvalue weighted by atomic mass is 10.0. The number of hydrogen-bond acceptors (Lipinski definition) is 2. The molecule has 2 nitrogen and oxygen atoms in total. The largest absolute Gasteiger partial charge is 0.389 e. The molecule has 2 heteroatoms. The minimum Gasteiger partial charge on any atom is -0.389 e. The topological polar surface area (TPSA) is 40.5 Å². The van der Waals surface area contributed by atoms with E-state index < -0.39 is 0 Å². The first-order chi connectivity index (χ1) is 4.79. The van der Waals surface area contributed by atoms with Crippen LogP contribution in [0.3, 0.4) is 0 Å². The fourth-order valence-electron chi connectivity index (χ4n) is 1.16. The second kappa shape index (κ2) is 3.74. The molecule has 2 unspecified atom stereocenters. The van der Waals surface area contributed by atoms with Crippen molar-refractivity contribution in [1.82, 2.24) is 0 Å². The Bertz CT molecular complexity index is 106. The molecule has 1 aliphatic rings. The minimum absolute atomic E-state index is 0.338. The van der Waals surface area contributed by atoms with Gasteiger partial charge >= 0.3 is 0 Å². The Kier molecular flexibility index (Phi) is 2.90. The van der Waals surface area contributed by atoms with Crippen molar-refractivity contribution in [3.8, 4) is 0 Å². The van der Waals surface area contributed by atoms with E-state index in [9.17, 15) is 0 Å². The van der Waals surface area contributed by atoms with E-state index >= 15 is 0 Å². The van der Waals surface area contributed by atoms with Crippen molar-refractivity contribution in [3.05, 3.63) is 12.2 Å². The van der Waals surface area contributed by atoms with Crippen LogP contribution < -0.4 is 0 Å². The van der Waals surface area contributed by atoms with Gasteiger partial charge in [-0.1, -0.05) is 25.0 Å². The van der Waals surface area contributed by atoms with Crippen LogP contribution in [0.25, 0.3) is 0 Å². The summed E-state index contributed by atoms with van der Waals surface area (Å²) in [5.41, 5.74) is 0. The highest BCUT2D eigenvalue weighted by Gasteiger charge is 2.06. The van der Waals surface area contributed by atoms with E-state index in [4.69, 9.17) is 10.2 Å². The standard InChI is InChI=1S/C8H14O2/c9-7-3-1-2-4-8(10)6-5-7/h5-10H,1-4H2. The lowest BCUT2D eigenvalue weighted by Crippen LogP contribution is -2.10. The molecule has 10 heavy (non-hydrogen) atoms. The summed E-state index contributed by atoms with van der Waals surface area (Å²) < 4.78 is 0. The van der Waals surface area contributed by atoms with Gasteiger partial charge in [0.25, 0.3) is 0 Å². The SMILES string of the molecule is OC1C=CC(O)CCCC1. The van der Waals surface area contributed by atoms with Crippen LogP contribution in [0.5, 0.6) is 0 Å². The smallest absolute Gasteiger partial charge is 0.0721 e. The molecule has 0 heterocycles. The zero-order chi connectivity index (χ0) is 7.40. The average molecular weight is 142 g/mol. The monoisotopic (exact) mass is 142 g/mol. The highest BCUT2D eigenvalue weighted by molar-refractivity contribution is 4.94. The number of aliphatic hydroxyl groups is 2. The van der Waals surface area contributed by atoms with Crippen molar-refractivity contribution in [2.45, 2.75) is 37.9 Å². The molecule has 58 valence electrons. The van der Waals surface area contributed by atoms with Crippen molar-refractivity contribution >= 4 is 0 Å². The Balaban J connectivity index is 2.42. The summed E-state index contributed by atoms with van der Waals surface area (Å²) in [4.78, 5) is 0. The fourth-order valence-corrected chi connectivity index (χ4v) is 1.16. The molecule has 0 aromatic carbocycles. The van der Waals surface area contributed by atoms with Crippen molar-refractivity contribution in [2.75, 3.05) is 0 Å². The van der Waals surface area contributed by atoms with E-state index in [1.165, 1.54) is 0 Å². The molecular formula is C8H14O2. The third-order valence-corrected chi connectivity index (χ3v) is 1.81. The summed E-state index contributed by atoms with van der Waals surface area (Å²) in [6, 6.07) is 0. The Morgan fingerprint density at radius 1 is 0.900 bits per heavy atom. The Labute approximate surface area is 61.2 Å². The first kappa shape index (κ1) is 7.76. The van der Waals surface area contributed by atoms with Crippen molar-refractivity contribution in [1.29, 1.82) is 0 Å². The van der Waals surface area contributed by atoms with E-state index in [2.05, 4.69) is 0 Å². The molecule has 1 aliphatic carbocycles. The predicted octanol–water partition coefficient (Wildman–Crippen LogP) is 0.838. The molecule has 2 N–H and O–H groups in total. The molecule has 0 saturated heterocycles. The summed E-state index contributed by atoms with van der Waals surface area (Å²) in [6.45, 7) is 0. The molecule has 0 saturated carbocycles. The van der Waals surface area contributed by atoms with Gasteiger partial charge in [-0.3, -0.25) is 0 Å². The van der Waals surface area contributed by atoms with E-state index in [0.29, 0.717) is 0 Å². The number of aliphatic hydroxyl groups excluding tert-OH is 2. The lowest BCUT2D eigenvalue weighted by molar-refractivity contribution is 0.175. The van der Waals surface area contributed by atoms with Crippen LogP contribution in [0.2, 0.25) is 0 Å². The highest BCUT2D eigenvalue weighted by Crippen LogP contribution is 2.11. The molecule has 0 amide bonds.